The number of benzene rings is 2. The molecule has 4 rings (SSSR count). The van der Waals surface area contributed by atoms with Crippen LogP contribution >= 0.6 is 0 Å². The Balaban J connectivity index is 1.50. The number of carbonyl (C=O) groups excluding carboxylic acids is 1. The zero-order valence-corrected chi connectivity index (χ0v) is 16.9. The van der Waals surface area contributed by atoms with Crippen molar-refractivity contribution < 1.29 is 13.9 Å². The third-order valence-corrected chi connectivity index (χ3v) is 4.63. The zero-order valence-electron chi connectivity index (χ0n) is 16.9. The van der Waals surface area contributed by atoms with Gasteiger partial charge in [-0.25, -0.2) is 9.37 Å². The lowest BCUT2D eigenvalue weighted by molar-refractivity contribution is 0.102. The van der Waals surface area contributed by atoms with Gasteiger partial charge in [0.15, 0.2) is 11.6 Å². The van der Waals surface area contributed by atoms with Crippen LogP contribution in [0.4, 0.5) is 15.9 Å². The molecule has 2 heterocycles. The summed E-state index contributed by atoms with van der Waals surface area (Å²) in [5.74, 6) is -0.789. The van der Waals surface area contributed by atoms with E-state index in [1.807, 2.05) is 30.3 Å². The quantitative estimate of drug-likeness (QED) is 0.481. The monoisotopic (exact) mass is 430 g/mol. The fourth-order valence-electron chi connectivity index (χ4n) is 3.09. The second-order valence-corrected chi connectivity index (χ2v) is 6.96. The summed E-state index contributed by atoms with van der Waals surface area (Å²) >= 11 is 0. The maximum Gasteiger partial charge on any atom is 0.263 e. The van der Waals surface area contributed by atoms with Crippen molar-refractivity contribution in [3.05, 3.63) is 112 Å². The Morgan fingerprint density at radius 1 is 1.06 bits per heavy atom. The van der Waals surface area contributed by atoms with Crippen LogP contribution in [0.1, 0.15) is 15.9 Å². The number of rotatable bonds is 6. The second-order valence-electron chi connectivity index (χ2n) is 6.96. The van der Waals surface area contributed by atoms with Crippen LogP contribution in [0.3, 0.4) is 0 Å². The van der Waals surface area contributed by atoms with Crippen molar-refractivity contribution in [1.29, 1.82) is 0 Å². The minimum absolute atomic E-state index is 0.0430. The Hall–Kier alpha value is -4.46. The van der Waals surface area contributed by atoms with Crippen LogP contribution in [0.15, 0.2) is 90.0 Å². The van der Waals surface area contributed by atoms with Gasteiger partial charge in [0.1, 0.15) is 17.1 Å². The molecule has 4 aromatic rings. The number of nitrogens with two attached hydrogens (primary N) is 1. The van der Waals surface area contributed by atoms with Crippen LogP contribution in [-0.2, 0) is 6.54 Å². The average Bonchev–Trinajstić information content (AvgIpc) is 2.78. The maximum absolute atomic E-state index is 14.5. The summed E-state index contributed by atoms with van der Waals surface area (Å²) in [4.78, 5) is 29.3. The molecule has 0 aliphatic carbocycles. The fraction of sp³-hybridized carbons (Fsp3) is 0.0417. The Morgan fingerprint density at radius 3 is 2.62 bits per heavy atom. The molecule has 0 bridgehead atoms. The molecule has 0 radical (unpaired) electrons. The summed E-state index contributed by atoms with van der Waals surface area (Å²) in [7, 11) is 0. The van der Waals surface area contributed by atoms with E-state index in [2.05, 4.69) is 10.3 Å². The molecule has 0 saturated carbocycles. The minimum atomic E-state index is -0.687. The predicted molar refractivity (Wildman–Crippen MR) is 119 cm³/mol. The van der Waals surface area contributed by atoms with E-state index in [0.29, 0.717) is 12.3 Å². The molecule has 0 saturated heterocycles. The number of anilines is 2. The number of nitrogens with zero attached hydrogens (tertiary/aromatic N) is 2. The first-order chi connectivity index (χ1) is 15.5. The molecule has 0 aliphatic heterocycles. The first-order valence-corrected chi connectivity index (χ1v) is 9.73. The second kappa shape index (κ2) is 9.13. The van der Waals surface area contributed by atoms with Gasteiger partial charge in [0.05, 0.1) is 6.54 Å². The summed E-state index contributed by atoms with van der Waals surface area (Å²) in [6.45, 7) is 0.334. The molecule has 1 amide bonds. The number of ether oxygens (including phenoxy) is 1. The lowest BCUT2D eigenvalue weighted by Crippen LogP contribution is -2.29. The van der Waals surface area contributed by atoms with Gasteiger partial charge in [0.2, 0.25) is 0 Å². The van der Waals surface area contributed by atoms with Crippen molar-refractivity contribution in [2.24, 2.45) is 0 Å². The number of halogens is 1. The highest BCUT2D eigenvalue weighted by Gasteiger charge is 2.14. The highest BCUT2D eigenvalue weighted by Crippen LogP contribution is 2.27. The summed E-state index contributed by atoms with van der Waals surface area (Å²) in [5, 5.41) is 2.55. The molecule has 0 atom stereocenters. The van der Waals surface area contributed by atoms with Crippen molar-refractivity contribution in [1.82, 2.24) is 9.55 Å². The molecule has 7 nitrogen and oxygen atoms in total. The van der Waals surface area contributed by atoms with Crippen molar-refractivity contribution in [3.8, 4) is 11.5 Å². The van der Waals surface area contributed by atoms with Gasteiger partial charge in [-0.2, -0.15) is 0 Å². The van der Waals surface area contributed by atoms with E-state index in [9.17, 15) is 14.0 Å². The Morgan fingerprint density at radius 2 is 1.88 bits per heavy atom. The summed E-state index contributed by atoms with van der Waals surface area (Å²) in [6.07, 6.45) is 3.06. The molecule has 3 N–H and O–H groups in total. The Kier molecular flexibility index (Phi) is 5.94. The van der Waals surface area contributed by atoms with Gasteiger partial charge < -0.3 is 20.4 Å². The highest BCUT2D eigenvalue weighted by atomic mass is 19.1. The third-order valence-electron chi connectivity index (χ3n) is 4.63. The first-order valence-electron chi connectivity index (χ1n) is 9.73. The predicted octanol–water partition coefficient (Wildman–Crippen LogP) is 4.06. The number of nitrogen functional groups attached to an aromatic ring is 1. The van der Waals surface area contributed by atoms with E-state index >= 15 is 0 Å². The number of pyridine rings is 2. The number of aromatic nitrogens is 2. The van der Waals surface area contributed by atoms with E-state index in [0.717, 1.165) is 11.6 Å². The number of carbonyl (C=O) groups is 1. The Bertz CT molecular complexity index is 1320. The lowest BCUT2D eigenvalue weighted by Gasteiger charge is -2.11. The average molecular weight is 430 g/mol. The van der Waals surface area contributed by atoms with Gasteiger partial charge in [-0.05, 0) is 35.9 Å². The molecular weight excluding hydrogens is 411 g/mol. The smallest absolute Gasteiger partial charge is 0.263 e. The Labute approximate surface area is 182 Å². The largest absolute Gasteiger partial charge is 0.454 e. The number of amides is 1. The van der Waals surface area contributed by atoms with E-state index in [1.165, 1.54) is 35.0 Å². The van der Waals surface area contributed by atoms with Crippen LogP contribution in [0.25, 0.3) is 0 Å². The van der Waals surface area contributed by atoms with Gasteiger partial charge in [-0.15, -0.1) is 0 Å². The van der Waals surface area contributed by atoms with Crippen molar-refractivity contribution >= 4 is 17.4 Å². The van der Waals surface area contributed by atoms with Gasteiger partial charge in [0, 0.05) is 30.2 Å². The van der Waals surface area contributed by atoms with Crippen molar-refractivity contribution in [2.45, 2.75) is 6.54 Å². The van der Waals surface area contributed by atoms with Crippen molar-refractivity contribution in [2.75, 3.05) is 11.1 Å². The standard InChI is InChI=1S/C24H19FN4O3/c25-20-13-17(8-9-21(20)32-18-10-11-27-22(26)14-18)28-23(30)19-7-4-12-29(24(19)31)15-16-5-2-1-3-6-16/h1-14H,15H2,(H2,26,27)(H,28,30). The van der Waals surface area contributed by atoms with Crippen LogP contribution in [0, 0.1) is 5.82 Å². The molecule has 2 aromatic heterocycles. The SMILES string of the molecule is Nc1cc(Oc2ccc(NC(=O)c3cccn(Cc4ccccc4)c3=O)cc2F)ccn1. The molecule has 0 fully saturated rings. The zero-order chi connectivity index (χ0) is 22.5. The van der Waals surface area contributed by atoms with Gasteiger partial charge in [-0.3, -0.25) is 9.59 Å². The third kappa shape index (κ3) is 4.81. The van der Waals surface area contributed by atoms with Gasteiger partial charge in [-0.1, -0.05) is 30.3 Å². The minimum Gasteiger partial charge on any atom is -0.454 e. The summed E-state index contributed by atoms with van der Waals surface area (Å²) < 4.78 is 21.4. The van der Waals surface area contributed by atoms with Gasteiger partial charge >= 0.3 is 0 Å². The van der Waals surface area contributed by atoms with E-state index in [-0.39, 0.29) is 22.8 Å². The van der Waals surface area contributed by atoms with E-state index in [1.54, 1.807) is 18.3 Å². The topological polar surface area (TPSA) is 99.2 Å². The van der Waals surface area contributed by atoms with Crippen LogP contribution < -0.4 is 21.3 Å². The summed E-state index contributed by atoms with van der Waals surface area (Å²) in [6, 6.07) is 19.5. The van der Waals surface area contributed by atoms with E-state index in [4.69, 9.17) is 10.5 Å². The van der Waals surface area contributed by atoms with Crippen molar-refractivity contribution in [3.63, 3.8) is 0 Å². The fourth-order valence-corrected chi connectivity index (χ4v) is 3.09. The number of hydrogen-bond acceptors (Lipinski definition) is 5. The molecule has 32 heavy (non-hydrogen) atoms. The molecule has 0 spiro atoms. The molecule has 0 unspecified atom stereocenters. The normalized spacial score (nSPS) is 10.5. The summed E-state index contributed by atoms with van der Waals surface area (Å²) in [5.41, 5.74) is 6.22. The molecule has 160 valence electrons. The molecular formula is C24H19FN4O3. The first kappa shape index (κ1) is 20.8. The maximum atomic E-state index is 14.5. The molecule has 0 aliphatic rings. The number of nitrogens with one attached hydrogen (secondary N) is 1. The van der Waals surface area contributed by atoms with Gasteiger partial charge in [0.25, 0.3) is 11.5 Å². The molecule has 8 heteroatoms. The van der Waals surface area contributed by atoms with Crippen LogP contribution in [0.5, 0.6) is 11.5 Å². The highest BCUT2D eigenvalue weighted by molar-refractivity contribution is 6.04. The van der Waals surface area contributed by atoms with E-state index < -0.39 is 17.3 Å². The lowest BCUT2D eigenvalue weighted by atomic mass is 10.2. The van der Waals surface area contributed by atoms with Crippen LogP contribution in [-0.4, -0.2) is 15.5 Å². The molecule has 2 aromatic carbocycles. The number of hydrogen-bond donors (Lipinski definition) is 2. The van der Waals surface area contributed by atoms with Crippen LogP contribution in [0.2, 0.25) is 0 Å².